The number of nitrogens with one attached hydrogen (secondary N) is 1. The van der Waals surface area contributed by atoms with Crippen molar-refractivity contribution in [2.75, 3.05) is 18.5 Å². The van der Waals surface area contributed by atoms with Crippen LogP contribution in [-0.2, 0) is 0 Å². The van der Waals surface area contributed by atoms with Gasteiger partial charge in [-0.3, -0.25) is 4.79 Å². The predicted octanol–water partition coefficient (Wildman–Crippen LogP) is 0.971. The van der Waals surface area contributed by atoms with Crippen molar-refractivity contribution >= 4 is 21.4 Å². The number of anilines is 1. The maximum absolute atomic E-state index is 11.5. The van der Waals surface area contributed by atoms with Gasteiger partial charge in [-0.15, -0.1) is 5.10 Å². The first kappa shape index (κ1) is 13.0. The third-order valence-corrected chi connectivity index (χ3v) is 3.71. The standard InChI is InChI=1S/C11H16N4O2S/c1-2-8(4-6-16)7-13-10-14-15-9(17)3-5-12-11(15)18-10/h3,5,8,16H,2,4,6-7H2,1H3,(H,13,14)/t8-/m1/s1. The first-order valence-electron chi connectivity index (χ1n) is 5.94. The Kier molecular flexibility index (Phi) is 4.27. The fourth-order valence-corrected chi connectivity index (χ4v) is 2.46. The first-order chi connectivity index (χ1) is 8.74. The Balaban J connectivity index is 2.08. The number of nitrogens with zero attached hydrogens (tertiary/aromatic N) is 3. The Morgan fingerprint density at radius 1 is 1.61 bits per heavy atom. The van der Waals surface area contributed by atoms with Crippen LogP contribution in [0.5, 0.6) is 0 Å². The Hall–Kier alpha value is -1.47. The monoisotopic (exact) mass is 268 g/mol. The Labute approximate surface area is 108 Å². The van der Waals surface area contributed by atoms with Crippen LogP contribution in [0.15, 0.2) is 17.1 Å². The van der Waals surface area contributed by atoms with E-state index in [1.807, 2.05) is 0 Å². The zero-order valence-electron chi connectivity index (χ0n) is 10.2. The summed E-state index contributed by atoms with van der Waals surface area (Å²) < 4.78 is 1.29. The molecule has 0 saturated heterocycles. The Morgan fingerprint density at radius 3 is 3.11 bits per heavy atom. The molecule has 0 bridgehead atoms. The van der Waals surface area contributed by atoms with Gasteiger partial charge >= 0.3 is 0 Å². The van der Waals surface area contributed by atoms with Crippen LogP contribution in [0, 0.1) is 5.92 Å². The summed E-state index contributed by atoms with van der Waals surface area (Å²) in [6, 6.07) is 1.39. The molecular formula is C11H16N4O2S. The lowest BCUT2D eigenvalue weighted by atomic mass is 10.0. The van der Waals surface area contributed by atoms with Gasteiger partial charge in [0.15, 0.2) is 0 Å². The predicted molar refractivity (Wildman–Crippen MR) is 71.1 cm³/mol. The SMILES string of the molecule is CC[C@H](CCO)CNc1nn2c(=O)ccnc2s1. The van der Waals surface area contributed by atoms with E-state index in [9.17, 15) is 4.79 Å². The zero-order chi connectivity index (χ0) is 13.0. The number of hydrogen-bond acceptors (Lipinski definition) is 6. The van der Waals surface area contributed by atoms with Gasteiger partial charge in [-0.1, -0.05) is 24.7 Å². The molecule has 2 rings (SSSR count). The molecule has 0 aromatic carbocycles. The van der Waals surface area contributed by atoms with Gasteiger partial charge in [-0.2, -0.15) is 4.52 Å². The first-order valence-corrected chi connectivity index (χ1v) is 6.76. The van der Waals surface area contributed by atoms with Gasteiger partial charge in [0.25, 0.3) is 5.56 Å². The molecule has 0 unspecified atom stereocenters. The van der Waals surface area contributed by atoms with Gasteiger partial charge in [-0.05, 0) is 12.3 Å². The number of aromatic nitrogens is 3. The molecule has 0 aliphatic carbocycles. The van der Waals surface area contributed by atoms with Crippen LogP contribution in [0.25, 0.3) is 4.96 Å². The molecule has 2 N–H and O–H groups in total. The van der Waals surface area contributed by atoms with E-state index in [1.54, 1.807) is 0 Å². The molecule has 0 saturated carbocycles. The summed E-state index contributed by atoms with van der Waals surface area (Å²) in [6.07, 6.45) is 3.25. The van der Waals surface area contributed by atoms with Gasteiger partial charge in [0.2, 0.25) is 10.1 Å². The van der Waals surface area contributed by atoms with Crippen molar-refractivity contribution in [3.05, 3.63) is 22.6 Å². The number of aliphatic hydroxyl groups is 1. The van der Waals surface area contributed by atoms with Crippen LogP contribution >= 0.6 is 11.3 Å². The minimum absolute atomic E-state index is 0.174. The highest BCUT2D eigenvalue weighted by Crippen LogP contribution is 2.17. The van der Waals surface area contributed by atoms with Gasteiger partial charge in [-0.25, -0.2) is 4.98 Å². The molecular weight excluding hydrogens is 252 g/mol. The summed E-state index contributed by atoms with van der Waals surface area (Å²) in [4.78, 5) is 16.2. The summed E-state index contributed by atoms with van der Waals surface area (Å²) in [6.45, 7) is 3.03. The van der Waals surface area contributed by atoms with E-state index in [-0.39, 0.29) is 12.2 Å². The van der Waals surface area contributed by atoms with Crippen molar-refractivity contribution in [3.63, 3.8) is 0 Å². The molecule has 7 heteroatoms. The van der Waals surface area contributed by atoms with E-state index in [0.29, 0.717) is 16.0 Å². The van der Waals surface area contributed by atoms with Gasteiger partial charge in [0.05, 0.1) is 0 Å². The van der Waals surface area contributed by atoms with E-state index in [0.717, 1.165) is 19.4 Å². The second kappa shape index (κ2) is 5.92. The average Bonchev–Trinajstić information content (AvgIpc) is 2.79. The van der Waals surface area contributed by atoms with Crippen molar-refractivity contribution in [3.8, 4) is 0 Å². The number of fused-ring (bicyclic) bond motifs is 1. The van der Waals surface area contributed by atoms with Crippen molar-refractivity contribution in [2.24, 2.45) is 5.92 Å². The number of rotatable bonds is 6. The van der Waals surface area contributed by atoms with Crippen LogP contribution in [0.1, 0.15) is 19.8 Å². The van der Waals surface area contributed by atoms with Gasteiger partial charge in [0.1, 0.15) is 0 Å². The van der Waals surface area contributed by atoms with Crippen molar-refractivity contribution < 1.29 is 5.11 Å². The minimum atomic E-state index is -0.174. The van der Waals surface area contributed by atoms with E-state index in [1.165, 1.54) is 28.1 Å². The molecule has 2 heterocycles. The highest BCUT2D eigenvalue weighted by molar-refractivity contribution is 7.20. The molecule has 2 aromatic heterocycles. The highest BCUT2D eigenvalue weighted by Gasteiger charge is 2.09. The van der Waals surface area contributed by atoms with Crippen LogP contribution in [-0.4, -0.2) is 32.9 Å². The molecule has 0 radical (unpaired) electrons. The molecule has 0 aliphatic rings. The summed E-state index contributed by atoms with van der Waals surface area (Å²) in [7, 11) is 0. The second-order valence-electron chi connectivity index (χ2n) is 4.05. The molecule has 1 atom stereocenters. The molecule has 18 heavy (non-hydrogen) atoms. The third-order valence-electron chi connectivity index (χ3n) is 2.83. The Morgan fingerprint density at radius 2 is 2.44 bits per heavy atom. The fourth-order valence-electron chi connectivity index (χ4n) is 1.68. The van der Waals surface area contributed by atoms with Crippen LogP contribution in [0.2, 0.25) is 0 Å². The summed E-state index contributed by atoms with van der Waals surface area (Å²) in [5.41, 5.74) is -0.174. The van der Waals surface area contributed by atoms with Crippen LogP contribution in [0.4, 0.5) is 5.13 Å². The molecule has 0 aliphatic heterocycles. The lowest BCUT2D eigenvalue weighted by Gasteiger charge is -2.12. The minimum Gasteiger partial charge on any atom is -0.396 e. The quantitative estimate of drug-likeness (QED) is 0.816. The van der Waals surface area contributed by atoms with Crippen molar-refractivity contribution in [1.82, 2.24) is 14.6 Å². The summed E-state index contributed by atoms with van der Waals surface area (Å²) in [5, 5.41) is 17.0. The maximum atomic E-state index is 11.5. The maximum Gasteiger partial charge on any atom is 0.275 e. The summed E-state index contributed by atoms with van der Waals surface area (Å²) in [5.74, 6) is 0.409. The van der Waals surface area contributed by atoms with Crippen molar-refractivity contribution in [1.29, 1.82) is 0 Å². The van der Waals surface area contributed by atoms with E-state index < -0.39 is 0 Å². The van der Waals surface area contributed by atoms with E-state index >= 15 is 0 Å². The lowest BCUT2D eigenvalue weighted by molar-refractivity contribution is 0.258. The molecule has 0 spiro atoms. The summed E-state index contributed by atoms with van der Waals surface area (Å²) >= 11 is 1.35. The molecule has 2 aromatic rings. The van der Waals surface area contributed by atoms with Crippen molar-refractivity contribution in [2.45, 2.75) is 19.8 Å². The van der Waals surface area contributed by atoms with E-state index in [2.05, 4.69) is 22.3 Å². The molecule has 6 nitrogen and oxygen atoms in total. The van der Waals surface area contributed by atoms with Gasteiger partial charge in [0, 0.05) is 25.4 Å². The van der Waals surface area contributed by atoms with E-state index in [4.69, 9.17) is 5.11 Å². The zero-order valence-corrected chi connectivity index (χ0v) is 11.0. The normalized spacial score (nSPS) is 12.8. The Bertz CT molecular complexity index is 565. The van der Waals surface area contributed by atoms with Crippen LogP contribution in [0.3, 0.4) is 0 Å². The highest BCUT2D eigenvalue weighted by atomic mass is 32.1. The fraction of sp³-hybridized carbons (Fsp3) is 0.545. The molecule has 0 amide bonds. The lowest BCUT2D eigenvalue weighted by Crippen LogP contribution is -2.16. The number of aliphatic hydroxyl groups excluding tert-OH is 1. The van der Waals surface area contributed by atoms with Gasteiger partial charge < -0.3 is 10.4 Å². The second-order valence-corrected chi connectivity index (χ2v) is 5.01. The third kappa shape index (κ3) is 2.85. The van der Waals surface area contributed by atoms with Crippen LogP contribution < -0.4 is 10.9 Å². The number of hydrogen-bond donors (Lipinski definition) is 2. The topological polar surface area (TPSA) is 79.5 Å². The molecule has 0 fully saturated rings. The average molecular weight is 268 g/mol. The molecule has 98 valence electrons. The largest absolute Gasteiger partial charge is 0.396 e. The smallest absolute Gasteiger partial charge is 0.275 e.